The number of nitrogen functional groups attached to an aromatic ring is 3. The summed E-state index contributed by atoms with van der Waals surface area (Å²) >= 11 is 0. The Morgan fingerprint density at radius 2 is 0.902 bits per heavy atom. The first-order valence-corrected chi connectivity index (χ1v) is 41.1. The van der Waals surface area contributed by atoms with Gasteiger partial charge in [0.2, 0.25) is 5.82 Å². The molecule has 1 atom stereocenters. The van der Waals surface area contributed by atoms with E-state index in [0.29, 0.717) is 40.7 Å². The number of aromatic nitrogens is 8. The van der Waals surface area contributed by atoms with E-state index in [4.69, 9.17) is 46.4 Å². The number of rotatable bonds is 17. The first kappa shape index (κ1) is 85.0. The van der Waals surface area contributed by atoms with E-state index in [0.717, 1.165) is 148 Å². The van der Waals surface area contributed by atoms with Gasteiger partial charge in [-0.25, -0.2) is 49.3 Å². The van der Waals surface area contributed by atoms with Gasteiger partial charge in [0.15, 0.2) is 17.8 Å². The molecule has 628 valence electrons. The SMILES string of the molecule is CC(C)(C)OC(=O)NC1(c2ccc(-n3c(-c4cccnc4N)nc4ccc(-c5ccccc5)nc43)cc2)CCC1.CC(C)(C)OC(=O)NC1(c2ccc(N3c4nc(-c5ccccc5)ccc4CC3c3cccnc3N)cc2)CCC1.CC(C)(C)OC(=O)NC1(c2ccc(Nc3nc(-c4ccccc4)ccc3[N+](=O)[O-])cc2)CCC1.Nc1ncccc1C=O. The minimum absolute atomic E-state index is 0.0365. The Balaban J connectivity index is 0.000000143. The highest BCUT2D eigenvalue weighted by Gasteiger charge is 2.45. The van der Waals surface area contributed by atoms with Crippen LogP contribution in [0.5, 0.6) is 0 Å². The summed E-state index contributed by atoms with van der Waals surface area (Å²) < 4.78 is 18.6. The second-order valence-electron chi connectivity index (χ2n) is 34.0. The number of amides is 3. The number of aldehydes is 1. The Hall–Kier alpha value is -14.4. The van der Waals surface area contributed by atoms with Gasteiger partial charge in [0.1, 0.15) is 45.6 Å². The van der Waals surface area contributed by atoms with Gasteiger partial charge in [0, 0.05) is 70.4 Å². The number of fused-ring (bicyclic) bond motifs is 2. The summed E-state index contributed by atoms with van der Waals surface area (Å²) in [6.45, 7) is 16.7. The maximum atomic E-state index is 12.7. The van der Waals surface area contributed by atoms with Crippen LogP contribution in [-0.4, -0.2) is 85.7 Å². The molecule has 3 fully saturated rings. The fourth-order valence-corrected chi connectivity index (χ4v) is 15.5. The molecule has 0 radical (unpaired) electrons. The lowest BCUT2D eigenvalue weighted by Crippen LogP contribution is -2.52. The summed E-state index contributed by atoms with van der Waals surface area (Å²) in [5.41, 5.74) is 30.7. The molecule has 13 aromatic rings. The minimum Gasteiger partial charge on any atom is -0.444 e. The Morgan fingerprint density at radius 1 is 0.472 bits per heavy atom. The van der Waals surface area contributed by atoms with Gasteiger partial charge in [-0.15, -0.1) is 0 Å². The summed E-state index contributed by atoms with van der Waals surface area (Å²) in [5, 5.41) is 24.0. The first-order valence-electron chi connectivity index (χ1n) is 41.1. The zero-order valence-corrected chi connectivity index (χ0v) is 70.4. The van der Waals surface area contributed by atoms with Gasteiger partial charge in [-0.2, -0.15) is 0 Å². The Morgan fingerprint density at radius 3 is 1.34 bits per heavy atom. The molecule has 4 aliphatic rings. The van der Waals surface area contributed by atoms with Gasteiger partial charge in [-0.05, 0) is 233 Å². The van der Waals surface area contributed by atoms with Gasteiger partial charge in [-0.1, -0.05) is 140 Å². The van der Waals surface area contributed by atoms with Crippen LogP contribution < -0.4 is 43.4 Å². The van der Waals surface area contributed by atoms with Crippen LogP contribution in [0.4, 0.5) is 60.5 Å². The van der Waals surface area contributed by atoms with Crippen LogP contribution in [0.15, 0.2) is 255 Å². The third-order valence-electron chi connectivity index (χ3n) is 21.9. The number of alkyl carbamates (subject to hydrolysis) is 3. The highest BCUT2D eigenvalue weighted by molar-refractivity contribution is 5.86. The predicted octanol–water partition coefficient (Wildman–Crippen LogP) is 20.5. The number of nitrogens with one attached hydrogen (secondary N) is 4. The normalized spacial score (nSPS) is 15.1. The molecule has 3 aliphatic carbocycles. The lowest BCUT2D eigenvalue weighted by molar-refractivity contribution is -0.384. The van der Waals surface area contributed by atoms with Crippen molar-refractivity contribution in [2.75, 3.05) is 27.4 Å². The fourth-order valence-electron chi connectivity index (χ4n) is 15.5. The summed E-state index contributed by atoms with van der Waals surface area (Å²) in [7, 11) is 0. The molecule has 0 bridgehead atoms. The molecule has 0 spiro atoms. The van der Waals surface area contributed by atoms with Crippen molar-refractivity contribution in [1.82, 2.24) is 55.4 Å². The molecule has 6 aromatic carbocycles. The van der Waals surface area contributed by atoms with E-state index in [9.17, 15) is 29.3 Å². The van der Waals surface area contributed by atoms with E-state index in [1.54, 1.807) is 36.8 Å². The number of nitro groups is 1. The number of imidazole rings is 1. The summed E-state index contributed by atoms with van der Waals surface area (Å²) in [6.07, 6.45) is 13.4. The predicted molar refractivity (Wildman–Crippen MR) is 480 cm³/mol. The van der Waals surface area contributed by atoms with Crippen LogP contribution in [0, 0.1) is 10.1 Å². The van der Waals surface area contributed by atoms with Crippen molar-refractivity contribution in [3.63, 3.8) is 0 Å². The zero-order chi connectivity index (χ0) is 86.9. The molecule has 3 saturated carbocycles. The summed E-state index contributed by atoms with van der Waals surface area (Å²) in [6, 6.07) is 76.4. The van der Waals surface area contributed by atoms with E-state index in [1.165, 1.54) is 11.6 Å². The molecule has 17 rings (SSSR count). The Kier molecular flexibility index (Phi) is 24.8. The molecule has 0 saturated heterocycles. The number of ether oxygens (including phenoxy) is 3. The van der Waals surface area contributed by atoms with Gasteiger partial charge in [0.25, 0.3) is 0 Å². The second kappa shape index (κ2) is 35.9. The van der Waals surface area contributed by atoms with Crippen molar-refractivity contribution in [2.45, 2.75) is 166 Å². The fraction of sp³-hybridized carbons (Fsp3) is 0.268. The Labute approximate surface area is 714 Å². The number of anilines is 7. The highest BCUT2D eigenvalue weighted by Crippen LogP contribution is 2.49. The van der Waals surface area contributed by atoms with Crippen molar-refractivity contribution in [3.05, 3.63) is 299 Å². The van der Waals surface area contributed by atoms with Gasteiger partial charge < -0.3 is 57.6 Å². The zero-order valence-electron chi connectivity index (χ0n) is 70.4. The van der Waals surface area contributed by atoms with Gasteiger partial charge >= 0.3 is 24.0 Å². The lowest BCUT2D eigenvalue weighted by Gasteiger charge is -2.43. The number of pyridine rings is 6. The summed E-state index contributed by atoms with van der Waals surface area (Å²) in [4.78, 5) is 93.2. The first-order chi connectivity index (χ1) is 58.9. The van der Waals surface area contributed by atoms with E-state index < -0.39 is 50.5 Å². The minimum atomic E-state index is -0.571. The van der Waals surface area contributed by atoms with E-state index in [2.05, 4.69) is 107 Å². The smallest absolute Gasteiger partial charge is 0.408 e. The van der Waals surface area contributed by atoms with Gasteiger partial charge in [0.05, 0.1) is 55.8 Å². The quantitative estimate of drug-likeness (QED) is 0.0193. The molecule has 26 heteroatoms. The molecule has 7 aromatic heterocycles. The topological polar surface area (TPSA) is 364 Å². The van der Waals surface area contributed by atoms with Crippen LogP contribution in [0.3, 0.4) is 0 Å². The average Bonchev–Trinajstić information content (AvgIpc) is 1.67. The molecule has 8 heterocycles. The number of carbonyl (C=O) groups is 4. The van der Waals surface area contributed by atoms with Crippen LogP contribution in [0.1, 0.15) is 164 Å². The van der Waals surface area contributed by atoms with Crippen molar-refractivity contribution in [1.29, 1.82) is 0 Å². The van der Waals surface area contributed by atoms with Crippen LogP contribution in [-0.2, 0) is 37.2 Å². The van der Waals surface area contributed by atoms with E-state index in [-0.39, 0.29) is 29.5 Å². The third-order valence-corrected chi connectivity index (χ3v) is 21.9. The second-order valence-corrected chi connectivity index (χ2v) is 34.0. The maximum Gasteiger partial charge on any atom is 0.408 e. The van der Waals surface area contributed by atoms with Crippen molar-refractivity contribution >= 4 is 81.9 Å². The molecular formula is C97H101N17O9. The van der Waals surface area contributed by atoms with Crippen molar-refractivity contribution < 1.29 is 38.3 Å². The molecule has 1 aliphatic heterocycles. The molecule has 3 amide bonds. The number of carbonyl (C=O) groups excluding carboxylic acids is 4. The van der Waals surface area contributed by atoms with Crippen LogP contribution in [0.25, 0.3) is 62.0 Å². The number of hydrogen-bond acceptors (Lipinski definition) is 21. The molecular weight excluding hydrogens is 1550 g/mol. The molecule has 26 nitrogen and oxygen atoms in total. The molecule has 123 heavy (non-hydrogen) atoms. The van der Waals surface area contributed by atoms with Crippen molar-refractivity contribution in [3.8, 4) is 50.8 Å². The van der Waals surface area contributed by atoms with Gasteiger partial charge in [-0.3, -0.25) is 19.5 Å². The van der Waals surface area contributed by atoms with E-state index in [1.807, 2.05) is 219 Å². The average molecular weight is 1650 g/mol. The lowest BCUT2D eigenvalue weighted by atomic mass is 9.72. The van der Waals surface area contributed by atoms with Crippen LogP contribution in [0.2, 0.25) is 0 Å². The number of nitrogens with two attached hydrogens (primary N) is 3. The molecule has 10 N–H and O–H groups in total. The number of nitrogens with zero attached hydrogens (tertiary/aromatic N) is 10. The third kappa shape index (κ3) is 19.9. The highest BCUT2D eigenvalue weighted by atomic mass is 16.6. The molecule has 1 unspecified atom stereocenters. The van der Waals surface area contributed by atoms with E-state index >= 15 is 0 Å². The Bertz CT molecular complexity index is 5950. The number of benzene rings is 6. The standard InChI is InChI=1S/C33H35N5O2.C32H32N6O2.C26H28N4O4.C6H6N2O/c1-32(2,3)40-31(39)37-33(18-8-19-33)24-13-15-25(16-14-24)38-28(26-11-7-20-35-29(26)34)21-23-12-17-27(36-30(23)38)22-9-5-4-6-10-22;1-31(2,3)40-30(39)37-32(18-8-19-32)22-12-14-23(15-13-22)38-28(24-11-7-20-34-27(24)33)36-26-17-16-25(35-29(26)38)21-9-5-4-6-10-21;1-25(2,3)34-24(31)29-26(16-7-17-26)19-10-12-20(13-11-19)27-23-22(30(32)33)15-14-21(28-23)18-8-5-4-6-9-18;7-6-5(4-9)2-1-3-8-6/h4-7,9-17,20,28H,8,18-19,21H2,1-3H3,(H2,34,35)(H,37,39);4-7,9-17,20H,8,18-19H2,1-3H3,(H2,33,34)(H,37,39);4-6,8-15H,7,16-17H2,1-3H3,(H,27,28)(H,29,31);1-4H,(H2,7,8). The summed E-state index contributed by atoms with van der Waals surface area (Å²) in [5.74, 6) is 2.97. The number of hydrogen-bond donors (Lipinski definition) is 7. The largest absolute Gasteiger partial charge is 0.444 e. The maximum absolute atomic E-state index is 12.7. The monoisotopic (exact) mass is 1650 g/mol. The van der Waals surface area contributed by atoms with Crippen molar-refractivity contribution in [2.24, 2.45) is 0 Å². The van der Waals surface area contributed by atoms with Crippen LogP contribution >= 0.6 is 0 Å².